The number of aliphatic hydroxyl groups excluding tert-OH is 1. The lowest BCUT2D eigenvalue weighted by Gasteiger charge is -2.44. The number of carbonyl (C=O) groups is 1. The number of carboxylic acid groups (broad SMARTS) is 1. The Morgan fingerprint density at radius 1 is 1.50 bits per heavy atom. The predicted molar refractivity (Wildman–Crippen MR) is 53.2 cm³/mol. The number of rotatable bonds is 0. The van der Waals surface area contributed by atoms with E-state index in [-0.39, 0.29) is 12.0 Å². The van der Waals surface area contributed by atoms with Crippen molar-refractivity contribution in [3.8, 4) is 0 Å². The first-order valence-electron chi connectivity index (χ1n) is 4.87. The van der Waals surface area contributed by atoms with Crippen molar-refractivity contribution in [1.29, 1.82) is 0 Å². The molecule has 0 saturated carbocycles. The second-order valence-electron chi connectivity index (χ2n) is 5.27. The maximum atomic E-state index is 11.0. The topological polar surface area (TPSA) is 60.8 Å². The highest BCUT2D eigenvalue weighted by Gasteiger charge is 2.51. The molecule has 14 heavy (non-hydrogen) atoms. The SMILES string of the molecule is CC(C)(C)[C@@]1(C)C[C@H](O)CN1C(=O)O. The summed E-state index contributed by atoms with van der Waals surface area (Å²) in [5.74, 6) is 0. The zero-order chi connectivity index (χ0) is 11.1. The van der Waals surface area contributed by atoms with Crippen molar-refractivity contribution in [3.63, 3.8) is 0 Å². The monoisotopic (exact) mass is 201 g/mol. The fourth-order valence-corrected chi connectivity index (χ4v) is 2.05. The zero-order valence-corrected chi connectivity index (χ0v) is 9.24. The maximum Gasteiger partial charge on any atom is 0.407 e. The quantitative estimate of drug-likeness (QED) is 0.625. The second-order valence-corrected chi connectivity index (χ2v) is 5.27. The van der Waals surface area contributed by atoms with Crippen LogP contribution in [0.25, 0.3) is 0 Å². The molecule has 1 heterocycles. The van der Waals surface area contributed by atoms with Gasteiger partial charge >= 0.3 is 6.09 Å². The van der Waals surface area contributed by atoms with Gasteiger partial charge in [-0.3, -0.25) is 4.90 Å². The molecule has 1 aliphatic heterocycles. The lowest BCUT2D eigenvalue weighted by molar-refractivity contribution is 0.0441. The third kappa shape index (κ3) is 1.59. The Hall–Kier alpha value is -0.770. The molecule has 1 saturated heterocycles. The van der Waals surface area contributed by atoms with Crippen LogP contribution in [0.5, 0.6) is 0 Å². The van der Waals surface area contributed by atoms with Crippen LogP contribution >= 0.6 is 0 Å². The first-order valence-corrected chi connectivity index (χ1v) is 4.87. The molecule has 0 spiro atoms. The van der Waals surface area contributed by atoms with Crippen molar-refractivity contribution in [2.45, 2.75) is 45.8 Å². The number of aliphatic hydroxyl groups is 1. The van der Waals surface area contributed by atoms with Crippen LogP contribution in [0, 0.1) is 5.41 Å². The molecule has 0 unspecified atom stereocenters. The smallest absolute Gasteiger partial charge is 0.407 e. The summed E-state index contributed by atoms with van der Waals surface area (Å²) in [5, 5.41) is 18.6. The van der Waals surface area contributed by atoms with Gasteiger partial charge in [0.2, 0.25) is 0 Å². The summed E-state index contributed by atoms with van der Waals surface area (Å²) in [5.41, 5.74) is -0.638. The molecule has 0 aromatic carbocycles. The van der Waals surface area contributed by atoms with Gasteiger partial charge in [-0.05, 0) is 18.8 Å². The van der Waals surface area contributed by atoms with Crippen molar-refractivity contribution < 1.29 is 15.0 Å². The molecule has 1 amide bonds. The van der Waals surface area contributed by atoms with Crippen molar-refractivity contribution in [3.05, 3.63) is 0 Å². The summed E-state index contributed by atoms with van der Waals surface area (Å²) >= 11 is 0. The number of likely N-dealkylation sites (tertiary alicyclic amines) is 1. The summed E-state index contributed by atoms with van der Waals surface area (Å²) in [4.78, 5) is 12.4. The fraction of sp³-hybridized carbons (Fsp3) is 0.900. The second kappa shape index (κ2) is 3.12. The van der Waals surface area contributed by atoms with Crippen LogP contribution in [0.4, 0.5) is 4.79 Å². The Kier molecular flexibility index (Phi) is 2.52. The Balaban J connectivity index is 3.01. The molecule has 0 bridgehead atoms. The van der Waals surface area contributed by atoms with Crippen LogP contribution in [0.1, 0.15) is 34.1 Å². The first kappa shape index (κ1) is 11.3. The third-order valence-electron chi connectivity index (χ3n) is 3.47. The number of β-amino-alcohol motifs (C(OH)–C–C–N with tert-alkyl or cyclic N) is 1. The molecule has 4 nitrogen and oxygen atoms in total. The van der Waals surface area contributed by atoms with Crippen LogP contribution in [-0.4, -0.2) is 39.4 Å². The van der Waals surface area contributed by atoms with E-state index in [9.17, 15) is 9.90 Å². The fourth-order valence-electron chi connectivity index (χ4n) is 2.05. The highest BCUT2D eigenvalue weighted by atomic mass is 16.4. The normalized spacial score (nSPS) is 33.5. The van der Waals surface area contributed by atoms with E-state index in [0.29, 0.717) is 6.42 Å². The van der Waals surface area contributed by atoms with Gasteiger partial charge in [-0.2, -0.15) is 0 Å². The van der Waals surface area contributed by atoms with E-state index in [4.69, 9.17) is 5.11 Å². The number of nitrogens with zero attached hydrogens (tertiary/aromatic N) is 1. The highest BCUT2D eigenvalue weighted by molar-refractivity contribution is 5.67. The zero-order valence-electron chi connectivity index (χ0n) is 9.24. The maximum absolute atomic E-state index is 11.0. The molecule has 1 fully saturated rings. The Labute approximate surface area is 84.5 Å². The summed E-state index contributed by atoms with van der Waals surface area (Å²) in [6, 6.07) is 0. The highest BCUT2D eigenvalue weighted by Crippen LogP contribution is 2.43. The average molecular weight is 201 g/mol. The molecule has 0 aromatic heterocycles. The molecule has 1 aliphatic rings. The molecule has 2 N–H and O–H groups in total. The third-order valence-corrected chi connectivity index (χ3v) is 3.47. The van der Waals surface area contributed by atoms with Gasteiger partial charge in [0, 0.05) is 0 Å². The van der Waals surface area contributed by atoms with Crippen LogP contribution in [0.15, 0.2) is 0 Å². The standard InChI is InChI=1S/C10H19NO3/c1-9(2,3)10(4)5-7(12)6-11(10)8(13)14/h7,12H,5-6H2,1-4H3,(H,13,14)/t7-,10+/m0/s1. The minimum absolute atomic E-state index is 0.164. The van der Waals surface area contributed by atoms with Crippen molar-refractivity contribution in [2.75, 3.05) is 6.54 Å². The van der Waals surface area contributed by atoms with Gasteiger partial charge in [-0.25, -0.2) is 4.79 Å². The van der Waals surface area contributed by atoms with Gasteiger partial charge in [0.25, 0.3) is 0 Å². The molecule has 0 radical (unpaired) electrons. The van der Waals surface area contributed by atoms with E-state index in [1.165, 1.54) is 4.90 Å². The minimum atomic E-state index is -0.945. The number of hydrogen-bond acceptors (Lipinski definition) is 2. The average Bonchev–Trinajstić information content (AvgIpc) is 2.25. The molecule has 2 atom stereocenters. The Morgan fingerprint density at radius 3 is 2.29 bits per heavy atom. The van der Waals surface area contributed by atoms with Crippen LogP contribution in [-0.2, 0) is 0 Å². The van der Waals surface area contributed by atoms with E-state index in [2.05, 4.69) is 0 Å². The van der Waals surface area contributed by atoms with Gasteiger partial charge in [-0.1, -0.05) is 20.8 Å². The number of hydrogen-bond donors (Lipinski definition) is 2. The van der Waals surface area contributed by atoms with Crippen LogP contribution < -0.4 is 0 Å². The Bertz CT molecular complexity index is 246. The van der Waals surface area contributed by atoms with Crippen molar-refractivity contribution in [1.82, 2.24) is 4.90 Å². The first-order chi connectivity index (χ1) is 6.18. The van der Waals surface area contributed by atoms with Crippen LogP contribution in [0.3, 0.4) is 0 Å². The van der Waals surface area contributed by atoms with Gasteiger partial charge in [0.15, 0.2) is 0 Å². The van der Waals surface area contributed by atoms with Crippen molar-refractivity contribution >= 4 is 6.09 Å². The molecular weight excluding hydrogens is 182 g/mol. The van der Waals surface area contributed by atoms with E-state index >= 15 is 0 Å². The lowest BCUT2D eigenvalue weighted by atomic mass is 9.73. The summed E-state index contributed by atoms with van der Waals surface area (Å²) in [6.07, 6.45) is -0.961. The van der Waals surface area contributed by atoms with E-state index in [1.54, 1.807) is 0 Å². The summed E-state index contributed by atoms with van der Waals surface area (Å²) < 4.78 is 0. The Morgan fingerprint density at radius 2 is 2.00 bits per heavy atom. The van der Waals surface area contributed by atoms with Gasteiger partial charge in [0.05, 0.1) is 18.2 Å². The molecule has 1 rings (SSSR count). The van der Waals surface area contributed by atoms with Gasteiger partial charge < -0.3 is 10.2 Å². The molecule has 0 aliphatic carbocycles. The van der Waals surface area contributed by atoms with Crippen molar-refractivity contribution in [2.24, 2.45) is 5.41 Å². The van der Waals surface area contributed by atoms with Gasteiger partial charge in [-0.15, -0.1) is 0 Å². The molecular formula is C10H19NO3. The summed E-state index contributed by atoms with van der Waals surface area (Å²) in [6.45, 7) is 8.13. The van der Waals surface area contributed by atoms with E-state index in [1.807, 2.05) is 27.7 Å². The predicted octanol–water partition coefficient (Wildman–Crippen LogP) is 1.54. The minimum Gasteiger partial charge on any atom is -0.465 e. The van der Waals surface area contributed by atoms with E-state index < -0.39 is 17.7 Å². The molecule has 4 heteroatoms. The summed E-state index contributed by atoms with van der Waals surface area (Å²) in [7, 11) is 0. The van der Waals surface area contributed by atoms with E-state index in [0.717, 1.165) is 0 Å². The lowest BCUT2D eigenvalue weighted by Crippen LogP contribution is -2.52. The number of amides is 1. The molecule has 0 aromatic rings. The largest absolute Gasteiger partial charge is 0.465 e. The van der Waals surface area contributed by atoms with Crippen LogP contribution in [0.2, 0.25) is 0 Å². The van der Waals surface area contributed by atoms with Gasteiger partial charge in [0.1, 0.15) is 0 Å². The molecule has 82 valence electrons.